The minimum absolute atomic E-state index is 0.117. The van der Waals surface area contributed by atoms with E-state index in [1.54, 1.807) is 0 Å². The van der Waals surface area contributed by atoms with Crippen molar-refractivity contribution in [2.24, 2.45) is 0 Å². The van der Waals surface area contributed by atoms with Crippen molar-refractivity contribution in [1.29, 1.82) is 0 Å². The molecule has 1 unspecified atom stereocenters. The molecule has 0 rings (SSSR count). The molecule has 1 atom stereocenters. The second-order valence-electron chi connectivity index (χ2n) is 11.2. The van der Waals surface area contributed by atoms with Crippen molar-refractivity contribution in [1.82, 2.24) is 0 Å². The van der Waals surface area contributed by atoms with Gasteiger partial charge in [-0.1, -0.05) is 137 Å². The van der Waals surface area contributed by atoms with Gasteiger partial charge in [-0.15, -0.1) is 0 Å². The number of hydrogen-bond acceptors (Lipinski definition) is 5. The van der Waals surface area contributed by atoms with Gasteiger partial charge in [0, 0.05) is 12.8 Å². The number of hydrogen-bond donors (Lipinski definition) is 1. The van der Waals surface area contributed by atoms with Gasteiger partial charge in [0.1, 0.15) is 6.61 Å². The molecule has 0 aliphatic heterocycles. The molecule has 0 saturated heterocycles. The zero-order chi connectivity index (χ0) is 33.6. The maximum absolute atomic E-state index is 12.1. The Hall–Kier alpha value is -3.18. The van der Waals surface area contributed by atoms with Gasteiger partial charge in [0.15, 0.2) is 6.10 Å². The Morgan fingerprint density at radius 2 is 0.913 bits per heavy atom. The van der Waals surface area contributed by atoms with E-state index in [4.69, 9.17) is 9.47 Å². The van der Waals surface area contributed by atoms with E-state index in [1.807, 2.05) is 12.2 Å². The summed E-state index contributed by atoms with van der Waals surface area (Å²) in [6.07, 6.45) is 50.4. The van der Waals surface area contributed by atoms with E-state index >= 15 is 0 Å². The number of carbonyl (C=O) groups is 2. The van der Waals surface area contributed by atoms with Crippen molar-refractivity contribution in [2.45, 2.75) is 136 Å². The average Bonchev–Trinajstić information content (AvgIpc) is 3.06. The van der Waals surface area contributed by atoms with E-state index in [-0.39, 0.29) is 31.6 Å². The highest BCUT2D eigenvalue weighted by Gasteiger charge is 2.15. The highest BCUT2D eigenvalue weighted by Crippen LogP contribution is 2.10. The Labute approximate surface area is 281 Å². The standard InChI is InChI=1S/C41H64O5/c1-3-5-7-9-11-13-15-17-18-19-20-21-22-24-26-28-30-32-34-36-41(44)46-39(37-42)38-45-40(43)35-33-31-29-27-25-23-16-14-12-10-8-6-4-2/h5-8,11-14,17-18,20-21,23,25,29,31,39,42H,3-4,9-10,15-16,19,22,24,26-28,30,32-38H2,1-2H3/b7-5-,8-6-,13-11-,14-12-,18-17-,21-20-,25-23-,31-29-. The van der Waals surface area contributed by atoms with Crippen LogP contribution in [0.1, 0.15) is 129 Å². The number of ether oxygens (including phenoxy) is 2. The Morgan fingerprint density at radius 3 is 1.39 bits per heavy atom. The van der Waals surface area contributed by atoms with E-state index in [2.05, 4.69) is 98.9 Å². The molecule has 0 saturated carbocycles. The van der Waals surface area contributed by atoms with Crippen LogP contribution in [-0.2, 0) is 19.1 Å². The normalized spacial score (nSPS) is 13.4. The average molecular weight is 637 g/mol. The first kappa shape index (κ1) is 42.8. The Bertz CT molecular complexity index is 948. The van der Waals surface area contributed by atoms with Crippen LogP contribution in [0.4, 0.5) is 0 Å². The molecule has 0 aromatic heterocycles. The summed E-state index contributed by atoms with van der Waals surface area (Å²) in [4.78, 5) is 24.1. The molecule has 1 N–H and O–H groups in total. The third kappa shape index (κ3) is 33.7. The Balaban J connectivity index is 3.73. The monoisotopic (exact) mass is 636 g/mol. The third-order valence-electron chi connectivity index (χ3n) is 6.89. The van der Waals surface area contributed by atoms with Crippen LogP contribution >= 0.6 is 0 Å². The minimum atomic E-state index is -0.813. The van der Waals surface area contributed by atoms with E-state index in [0.717, 1.165) is 77.0 Å². The van der Waals surface area contributed by atoms with E-state index in [9.17, 15) is 14.7 Å². The molecule has 258 valence electrons. The predicted octanol–water partition coefficient (Wildman–Crippen LogP) is 10.9. The van der Waals surface area contributed by atoms with Crippen LogP contribution in [0.25, 0.3) is 0 Å². The first-order valence-electron chi connectivity index (χ1n) is 17.8. The van der Waals surface area contributed by atoms with Crippen molar-refractivity contribution < 1.29 is 24.2 Å². The maximum atomic E-state index is 12.1. The molecule has 0 amide bonds. The van der Waals surface area contributed by atoms with Gasteiger partial charge >= 0.3 is 11.9 Å². The van der Waals surface area contributed by atoms with Crippen LogP contribution in [0.3, 0.4) is 0 Å². The minimum Gasteiger partial charge on any atom is -0.462 e. The summed E-state index contributed by atoms with van der Waals surface area (Å²) >= 11 is 0. The van der Waals surface area contributed by atoms with Gasteiger partial charge in [-0.25, -0.2) is 0 Å². The molecule has 0 aromatic rings. The lowest BCUT2D eigenvalue weighted by Crippen LogP contribution is -2.28. The highest BCUT2D eigenvalue weighted by molar-refractivity contribution is 5.70. The summed E-state index contributed by atoms with van der Waals surface area (Å²) in [6, 6.07) is 0. The summed E-state index contributed by atoms with van der Waals surface area (Å²) in [6.45, 7) is 3.80. The third-order valence-corrected chi connectivity index (χ3v) is 6.89. The fourth-order valence-corrected chi connectivity index (χ4v) is 4.26. The van der Waals surface area contributed by atoms with Gasteiger partial charge in [-0.2, -0.15) is 0 Å². The SMILES string of the molecule is CC/C=C\C/C=C\C/C=C\C/C=C\CCCCCCCCC(=O)OC(CO)COC(=O)CC/C=C\C/C=C\C/C=C\C/C=C\CC. The van der Waals surface area contributed by atoms with Gasteiger partial charge in [-0.3, -0.25) is 9.59 Å². The van der Waals surface area contributed by atoms with Crippen LogP contribution in [0.15, 0.2) is 97.2 Å². The molecule has 0 fully saturated rings. The van der Waals surface area contributed by atoms with Gasteiger partial charge < -0.3 is 14.6 Å². The van der Waals surface area contributed by atoms with Crippen molar-refractivity contribution in [3.63, 3.8) is 0 Å². The van der Waals surface area contributed by atoms with Crippen molar-refractivity contribution in [3.8, 4) is 0 Å². The molecule has 46 heavy (non-hydrogen) atoms. The van der Waals surface area contributed by atoms with Crippen LogP contribution in [0, 0.1) is 0 Å². The molecular weight excluding hydrogens is 572 g/mol. The second kappa shape index (κ2) is 36.3. The molecule has 5 nitrogen and oxygen atoms in total. The maximum Gasteiger partial charge on any atom is 0.306 e. The lowest BCUT2D eigenvalue weighted by molar-refractivity contribution is -0.161. The Morgan fingerprint density at radius 1 is 0.500 bits per heavy atom. The molecule has 5 heteroatoms. The van der Waals surface area contributed by atoms with Crippen molar-refractivity contribution in [2.75, 3.05) is 13.2 Å². The first-order valence-corrected chi connectivity index (χ1v) is 17.8. The predicted molar refractivity (Wildman–Crippen MR) is 195 cm³/mol. The van der Waals surface area contributed by atoms with Crippen LogP contribution in [0.5, 0.6) is 0 Å². The Kier molecular flexibility index (Phi) is 33.8. The molecule has 0 heterocycles. The number of aliphatic hydroxyl groups is 1. The molecule has 0 radical (unpaired) electrons. The lowest BCUT2D eigenvalue weighted by Gasteiger charge is -2.15. The zero-order valence-corrected chi connectivity index (χ0v) is 29.0. The summed E-state index contributed by atoms with van der Waals surface area (Å²) < 4.78 is 10.5. The van der Waals surface area contributed by atoms with Gasteiger partial charge in [0.2, 0.25) is 0 Å². The second-order valence-corrected chi connectivity index (χ2v) is 11.2. The summed E-state index contributed by atoms with van der Waals surface area (Å²) in [7, 11) is 0. The molecule has 0 aliphatic rings. The molecule has 0 aliphatic carbocycles. The zero-order valence-electron chi connectivity index (χ0n) is 29.0. The van der Waals surface area contributed by atoms with Gasteiger partial charge in [-0.05, 0) is 77.0 Å². The summed E-state index contributed by atoms with van der Waals surface area (Å²) in [5.74, 6) is -0.715. The number of rotatable bonds is 30. The number of carbonyl (C=O) groups excluding carboxylic acids is 2. The van der Waals surface area contributed by atoms with Crippen LogP contribution < -0.4 is 0 Å². The fraction of sp³-hybridized carbons (Fsp3) is 0.561. The van der Waals surface area contributed by atoms with Gasteiger partial charge in [0.25, 0.3) is 0 Å². The largest absolute Gasteiger partial charge is 0.462 e. The number of esters is 2. The molecule has 0 spiro atoms. The fourth-order valence-electron chi connectivity index (χ4n) is 4.26. The van der Waals surface area contributed by atoms with Crippen LogP contribution in [-0.4, -0.2) is 36.4 Å². The van der Waals surface area contributed by atoms with Gasteiger partial charge in [0.05, 0.1) is 6.61 Å². The quantitative estimate of drug-likeness (QED) is 0.0482. The van der Waals surface area contributed by atoms with Crippen molar-refractivity contribution in [3.05, 3.63) is 97.2 Å². The smallest absolute Gasteiger partial charge is 0.306 e. The topological polar surface area (TPSA) is 72.8 Å². The number of allylic oxidation sites excluding steroid dienone is 16. The molecule has 0 aromatic carbocycles. The molecular formula is C41H64O5. The number of unbranched alkanes of at least 4 members (excludes halogenated alkanes) is 6. The van der Waals surface area contributed by atoms with Crippen molar-refractivity contribution >= 4 is 11.9 Å². The lowest BCUT2D eigenvalue weighted by atomic mass is 10.1. The first-order chi connectivity index (χ1) is 22.6. The summed E-state index contributed by atoms with van der Waals surface area (Å²) in [5, 5.41) is 9.52. The highest BCUT2D eigenvalue weighted by atomic mass is 16.6. The van der Waals surface area contributed by atoms with E-state index < -0.39 is 6.10 Å². The van der Waals surface area contributed by atoms with E-state index in [1.165, 1.54) is 19.3 Å². The molecule has 0 bridgehead atoms. The number of aliphatic hydroxyl groups excluding tert-OH is 1. The van der Waals surface area contributed by atoms with E-state index in [0.29, 0.717) is 12.8 Å². The summed E-state index contributed by atoms with van der Waals surface area (Å²) in [5.41, 5.74) is 0. The van der Waals surface area contributed by atoms with Crippen LogP contribution in [0.2, 0.25) is 0 Å².